The van der Waals surface area contributed by atoms with Crippen LogP contribution < -0.4 is 10.5 Å². The summed E-state index contributed by atoms with van der Waals surface area (Å²) in [5.74, 6) is 0.684. The Morgan fingerprint density at radius 1 is 1.11 bits per heavy atom. The number of nitrogens with zero attached hydrogens (tertiary/aromatic N) is 1. The first-order valence-corrected chi connectivity index (χ1v) is 9.30. The van der Waals surface area contributed by atoms with Crippen molar-refractivity contribution in [2.45, 2.75) is 39.5 Å². The summed E-state index contributed by atoms with van der Waals surface area (Å²) in [5.41, 5.74) is 7.89. The molecule has 152 valence electrons. The van der Waals surface area contributed by atoms with Gasteiger partial charge in [-0.05, 0) is 44.5 Å². The number of carbonyl (C=O) groups excluding carboxylic acids is 1. The highest BCUT2D eigenvalue weighted by Gasteiger charge is 2.23. The van der Waals surface area contributed by atoms with Crippen LogP contribution in [-0.4, -0.2) is 36.9 Å². The van der Waals surface area contributed by atoms with E-state index in [1.54, 1.807) is 18.1 Å². The number of nitrogen functional groups attached to an aromatic ring is 1. The molecule has 0 bridgehead atoms. The van der Waals surface area contributed by atoms with E-state index in [0.717, 1.165) is 11.1 Å². The van der Waals surface area contributed by atoms with Gasteiger partial charge in [0, 0.05) is 24.9 Å². The van der Waals surface area contributed by atoms with Gasteiger partial charge in [-0.15, -0.1) is 0 Å². The molecule has 6 nitrogen and oxygen atoms in total. The minimum Gasteiger partial charge on any atom is -0.489 e. The van der Waals surface area contributed by atoms with Crippen molar-refractivity contribution in [3.8, 4) is 5.75 Å². The fourth-order valence-corrected chi connectivity index (χ4v) is 2.57. The summed E-state index contributed by atoms with van der Waals surface area (Å²) in [5, 5.41) is 0. The second-order valence-electron chi connectivity index (χ2n) is 7.54. The van der Waals surface area contributed by atoms with Gasteiger partial charge in [0.1, 0.15) is 18.0 Å². The molecule has 2 N–H and O–H groups in total. The number of methoxy groups -OCH3 is 1. The lowest BCUT2D eigenvalue weighted by Crippen LogP contribution is -2.38. The SMILES string of the molecule is COCCN(Cc1cc(N)ccc1OCc1ccccc1)C(=O)OC(C)(C)C. The molecule has 0 aromatic heterocycles. The third-order valence-corrected chi connectivity index (χ3v) is 3.90. The normalized spacial score (nSPS) is 11.1. The molecular weight excluding hydrogens is 356 g/mol. The number of rotatable bonds is 8. The quantitative estimate of drug-likeness (QED) is 0.687. The van der Waals surface area contributed by atoms with Gasteiger partial charge in [0.2, 0.25) is 0 Å². The van der Waals surface area contributed by atoms with Crippen LogP contribution in [0.1, 0.15) is 31.9 Å². The van der Waals surface area contributed by atoms with Crippen LogP contribution in [0.3, 0.4) is 0 Å². The molecule has 0 unspecified atom stereocenters. The Bertz CT molecular complexity index is 757. The standard InChI is InChI=1S/C22H30N2O4/c1-22(2,3)28-21(25)24(12-13-26-4)15-18-14-19(23)10-11-20(18)27-16-17-8-6-5-7-9-17/h5-11,14H,12-13,15-16,23H2,1-4H3. The Kier molecular flexibility index (Phi) is 7.70. The second kappa shape index (κ2) is 9.99. The van der Waals surface area contributed by atoms with E-state index in [1.165, 1.54) is 0 Å². The van der Waals surface area contributed by atoms with E-state index in [0.29, 0.717) is 37.7 Å². The molecule has 28 heavy (non-hydrogen) atoms. The highest BCUT2D eigenvalue weighted by atomic mass is 16.6. The van der Waals surface area contributed by atoms with E-state index < -0.39 is 11.7 Å². The maximum absolute atomic E-state index is 12.6. The Morgan fingerprint density at radius 2 is 1.82 bits per heavy atom. The summed E-state index contributed by atoms with van der Waals surface area (Å²) in [6.07, 6.45) is -0.402. The molecule has 0 saturated heterocycles. The van der Waals surface area contributed by atoms with Crippen LogP contribution >= 0.6 is 0 Å². The van der Waals surface area contributed by atoms with Gasteiger partial charge in [-0.3, -0.25) is 0 Å². The van der Waals surface area contributed by atoms with Gasteiger partial charge in [0.05, 0.1) is 13.2 Å². The second-order valence-corrected chi connectivity index (χ2v) is 7.54. The Balaban J connectivity index is 2.17. The van der Waals surface area contributed by atoms with Gasteiger partial charge in [-0.25, -0.2) is 4.79 Å². The smallest absolute Gasteiger partial charge is 0.410 e. The zero-order chi connectivity index (χ0) is 20.6. The van der Waals surface area contributed by atoms with Crippen LogP contribution in [0.2, 0.25) is 0 Å². The van der Waals surface area contributed by atoms with E-state index in [4.69, 9.17) is 19.9 Å². The van der Waals surface area contributed by atoms with Crippen LogP contribution in [-0.2, 0) is 22.6 Å². The van der Waals surface area contributed by atoms with E-state index in [1.807, 2.05) is 63.2 Å². The number of hydrogen-bond donors (Lipinski definition) is 1. The lowest BCUT2D eigenvalue weighted by Gasteiger charge is -2.28. The average Bonchev–Trinajstić information content (AvgIpc) is 2.63. The molecule has 0 saturated carbocycles. The Hall–Kier alpha value is -2.73. The van der Waals surface area contributed by atoms with Crippen molar-refractivity contribution in [3.05, 3.63) is 59.7 Å². The summed E-state index contributed by atoms with van der Waals surface area (Å²) in [4.78, 5) is 14.2. The zero-order valence-electron chi connectivity index (χ0n) is 17.1. The van der Waals surface area contributed by atoms with E-state index in [-0.39, 0.29) is 0 Å². The third kappa shape index (κ3) is 7.12. The maximum Gasteiger partial charge on any atom is 0.410 e. The van der Waals surface area contributed by atoms with Crippen molar-refractivity contribution in [3.63, 3.8) is 0 Å². The largest absolute Gasteiger partial charge is 0.489 e. The molecule has 0 aliphatic heterocycles. The molecule has 6 heteroatoms. The number of carbonyl (C=O) groups is 1. The fourth-order valence-electron chi connectivity index (χ4n) is 2.57. The summed E-state index contributed by atoms with van der Waals surface area (Å²) >= 11 is 0. The van der Waals surface area contributed by atoms with Gasteiger partial charge in [-0.1, -0.05) is 30.3 Å². The van der Waals surface area contributed by atoms with Crippen LogP contribution in [0.5, 0.6) is 5.75 Å². The van der Waals surface area contributed by atoms with Gasteiger partial charge < -0.3 is 24.8 Å². The number of nitrogens with two attached hydrogens (primary N) is 1. The molecule has 2 rings (SSSR count). The molecule has 0 heterocycles. The summed E-state index contributed by atoms with van der Waals surface area (Å²) in [6.45, 7) is 7.08. The van der Waals surface area contributed by atoms with Gasteiger partial charge in [0.25, 0.3) is 0 Å². The van der Waals surface area contributed by atoms with Gasteiger partial charge in [0.15, 0.2) is 0 Å². The number of benzene rings is 2. The summed E-state index contributed by atoms with van der Waals surface area (Å²) in [6, 6.07) is 15.4. The first kappa shape index (κ1) is 21.6. The lowest BCUT2D eigenvalue weighted by atomic mass is 10.1. The van der Waals surface area contributed by atoms with Crippen molar-refractivity contribution in [2.75, 3.05) is 26.0 Å². The number of ether oxygens (including phenoxy) is 3. The summed E-state index contributed by atoms with van der Waals surface area (Å²) in [7, 11) is 1.60. The molecular formula is C22H30N2O4. The van der Waals surface area contributed by atoms with E-state index >= 15 is 0 Å². The van der Waals surface area contributed by atoms with Crippen LogP contribution in [0.15, 0.2) is 48.5 Å². The highest BCUT2D eigenvalue weighted by Crippen LogP contribution is 2.25. The molecule has 0 fully saturated rings. The highest BCUT2D eigenvalue weighted by molar-refractivity contribution is 5.68. The van der Waals surface area contributed by atoms with Crippen molar-refractivity contribution < 1.29 is 19.0 Å². The predicted molar refractivity (Wildman–Crippen MR) is 110 cm³/mol. The number of anilines is 1. The number of hydrogen-bond acceptors (Lipinski definition) is 5. The fraction of sp³-hybridized carbons (Fsp3) is 0.409. The van der Waals surface area contributed by atoms with Crippen LogP contribution in [0.25, 0.3) is 0 Å². The van der Waals surface area contributed by atoms with Gasteiger partial charge in [-0.2, -0.15) is 0 Å². The van der Waals surface area contributed by atoms with E-state index in [2.05, 4.69) is 0 Å². The first-order valence-electron chi connectivity index (χ1n) is 9.30. The van der Waals surface area contributed by atoms with Gasteiger partial charge >= 0.3 is 6.09 Å². The van der Waals surface area contributed by atoms with Crippen LogP contribution in [0, 0.1) is 0 Å². The van der Waals surface area contributed by atoms with E-state index in [9.17, 15) is 4.79 Å². The molecule has 2 aromatic carbocycles. The van der Waals surface area contributed by atoms with Crippen LogP contribution in [0.4, 0.5) is 10.5 Å². The lowest BCUT2D eigenvalue weighted by molar-refractivity contribution is 0.0182. The predicted octanol–water partition coefficient (Wildman–Crippen LogP) is 4.23. The van der Waals surface area contributed by atoms with Crippen molar-refractivity contribution >= 4 is 11.8 Å². The molecule has 0 spiro atoms. The Morgan fingerprint density at radius 3 is 2.46 bits per heavy atom. The molecule has 0 atom stereocenters. The zero-order valence-corrected chi connectivity index (χ0v) is 17.1. The number of amides is 1. The molecule has 0 radical (unpaired) electrons. The molecule has 1 amide bonds. The first-order chi connectivity index (χ1) is 13.3. The monoisotopic (exact) mass is 386 g/mol. The maximum atomic E-state index is 12.6. The van der Waals surface area contributed by atoms with Crippen molar-refractivity contribution in [1.29, 1.82) is 0 Å². The average molecular weight is 386 g/mol. The van der Waals surface area contributed by atoms with Crippen molar-refractivity contribution in [1.82, 2.24) is 4.90 Å². The minimum absolute atomic E-state index is 0.313. The summed E-state index contributed by atoms with van der Waals surface area (Å²) < 4.78 is 16.7. The third-order valence-electron chi connectivity index (χ3n) is 3.90. The minimum atomic E-state index is -0.579. The molecule has 0 aliphatic rings. The topological polar surface area (TPSA) is 74.0 Å². The molecule has 0 aliphatic carbocycles. The Labute approximate surface area is 167 Å². The van der Waals surface area contributed by atoms with Crippen molar-refractivity contribution in [2.24, 2.45) is 0 Å². The molecule has 2 aromatic rings.